The number of nitrogen functional groups attached to an aromatic ring is 1. The van der Waals surface area contributed by atoms with E-state index in [9.17, 15) is 4.79 Å². The molecule has 1 aromatic carbocycles. The van der Waals surface area contributed by atoms with Gasteiger partial charge >= 0.3 is 0 Å². The first kappa shape index (κ1) is 15.1. The van der Waals surface area contributed by atoms with Crippen LogP contribution in [0.3, 0.4) is 0 Å². The zero-order valence-corrected chi connectivity index (χ0v) is 12.8. The Kier molecular flexibility index (Phi) is 4.31. The maximum absolute atomic E-state index is 12.3. The van der Waals surface area contributed by atoms with E-state index in [1.165, 1.54) is 0 Å². The zero-order valence-electron chi connectivity index (χ0n) is 12.8. The van der Waals surface area contributed by atoms with Gasteiger partial charge in [-0.25, -0.2) is 0 Å². The number of amides is 1. The summed E-state index contributed by atoms with van der Waals surface area (Å²) in [6.07, 6.45) is 3.34. The van der Waals surface area contributed by atoms with E-state index in [-0.39, 0.29) is 11.3 Å². The topological polar surface area (TPSA) is 72.9 Å². The normalized spacial score (nSPS) is 11.4. The molecule has 1 heterocycles. The van der Waals surface area contributed by atoms with Crippen molar-refractivity contribution < 1.29 is 4.79 Å². The molecule has 0 aliphatic heterocycles. The van der Waals surface area contributed by atoms with Crippen LogP contribution in [0.4, 0.5) is 5.69 Å². The van der Waals surface area contributed by atoms with Crippen molar-refractivity contribution in [2.24, 2.45) is 0 Å². The SMILES string of the molecule is CC(C)(C)c1ccccc1C(=O)NCCn1cc(N)cn1. The third-order valence-electron chi connectivity index (χ3n) is 3.26. The summed E-state index contributed by atoms with van der Waals surface area (Å²) in [5, 5.41) is 7.01. The summed E-state index contributed by atoms with van der Waals surface area (Å²) in [5.41, 5.74) is 7.93. The van der Waals surface area contributed by atoms with Crippen LogP contribution in [-0.4, -0.2) is 22.2 Å². The van der Waals surface area contributed by atoms with Crippen molar-refractivity contribution in [2.75, 3.05) is 12.3 Å². The van der Waals surface area contributed by atoms with Crippen LogP contribution < -0.4 is 11.1 Å². The van der Waals surface area contributed by atoms with Gasteiger partial charge in [0.05, 0.1) is 18.4 Å². The number of carbonyl (C=O) groups is 1. The zero-order chi connectivity index (χ0) is 15.5. The van der Waals surface area contributed by atoms with Crippen molar-refractivity contribution >= 4 is 11.6 Å². The molecule has 2 aromatic rings. The van der Waals surface area contributed by atoms with Gasteiger partial charge in [0.2, 0.25) is 0 Å². The molecule has 2 rings (SSSR count). The van der Waals surface area contributed by atoms with Crippen molar-refractivity contribution in [3.05, 3.63) is 47.8 Å². The van der Waals surface area contributed by atoms with Gasteiger partial charge in [-0.15, -0.1) is 0 Å². The predicted molar refractivity (Wildman–Crippen MR) is 84.1 cm³/mol. The van der Waals surface area contributed by atoms with Gasteiger partial charge < -0.3 is 11.1 Å². The van der Waals surface area contributed by atoms with E-state index in [2.05, 4.69) is 31.2 Å². The quantitative estimate of drug-likeness (QED) is 0.905. The Labute approximate surface area is 125 Å². The molecular weight excluding hydrogens is 264 g/mol. The van der Waals surface area contributed by atoms with Crippen molar-refractivity contribution in [3.8, 4) is 0 Å². The Morgan fingerprint density at radius 3 is 2.67 bits per heavy atom. The molecule has 0 saturated heterocycles. The number of hydrogen-bond acceptors (Lipinski definition) is 3. The number of carbonyl (C=O) groups excluding carboxylic acids is 1. The summed E-state index contributed by atoms with van der Waals surface area (Å²) in [6.45, 7) is 7.42. The predicted octanol–water partition coefficient (Wildman–Crippen LogP) is 2.19. The molecule has 0 unspecified atom stereocenters. The number of rotatable bonds is 4. The lowest BCUT2D eigenvalue weighted by molar-refractivity contribution is 0.0949. The second-order valence-electron chi connectivity index (χ2n) is 6.09. The molecule has 5 nitrogen and oxygen atoms in total. The lowest BCUT2D eigenvalue weighted by Gasteiger charge is -2.22. The third-order valence-corrected chi connectivity index (χ3v) is 3.26. The number of nitrogens with two attached hydrogens (primary N) is 1. The van der Waals surface area contributed by atoms with Crippen LogP contribution in [0.1, 0.15) is 36.7 Å². The lowest BCUT2D eigenvalue weighted by Crippen LogP contribution is -2.29. The van der Waals surface area contributed by atoms with Crippen LogP contribution in [0.2, 0.25) is 0 Å². The van der Waals surface area contributed by atoms with Crippen LogP contribution in [0.5, 0.6) is 0 Å². The van der Waals surface area contributed by atoms with Gasteiger partial charge in [-0.2, -0.15) is 5.10 Å². The largest absolute Gasteiger partial charge is 0.396 e. The van der Waals surface area contributed by atoms with Crippen LogP contribution in [0, 0.1) is 0 Å². The maximum Gasteiger partial charge on any atom is 0.251 e. The molecule has 0 atom stereocenters. The molecule has 0 spiro atoms. The van der Waals surface area contributed by atoms with Gasteiger partial charge in [0.25, 0.3) is 5.91 Å². The number of nitrogens with zero attached hydrogens (tertiary/aromatic N) is 2. The van der Waals surface area contributed by atoms with E-state index in [1.807, 2.05) is 24.3 Å². The summed E-state index contributed by atoms with van der Waals surface area (Å²) in [5.74, 6) is -0.0550. The maximum atomic E-state index is 12.3. The van der Waals surface area contributed by atoms with Gasteiger partial charge in [-0.3, -0.25) is 9.48 Å². The van der Waals surface area contributed by atoms with E-state index >= 15 is 0 Å². The Bertz CT molecular complexity index is 625. The molecule has 1 aromatic heterocycles. The summed E-state index contributed by atoms with van der Waals surface area (Å²) in [7, 11) is 0. The third kappa shape index (κ3) is 3.84. The fraction of sp³-hybridized carbons (Fsp3) is 0.375. The summed E-state index contributed by atoms with van der Waals surface area (Å²) in [6, 6.07) is 7.72. The average Bonchev–Trinajstić information content (AvgIpc) is 2.83. The van der Waals surface area contributed by atoms with Crippen LogP contribution in [0.15, 0.2) is 36.7 Å². The molecule has 0 radical (unpaired) electrons. The van der Waals surface area contributed by atoms with Crippen LogP contribution >= 0.6 is 0 Å². The fourth-order valence-corrected chi connectivity index (χ4v) is 2.22. The second kappa shape index (κ2) is 5.99. The number of anilines is 1. The highest BCUT2D eigenvalue weighted by atomic mass is 16.1. The van der Waals surface area contributed by atoms with Crippen LogP contribution in [-0.2, 0) is 12.0 Å². The standard InChI is InChI=1S/C16H22N4O/c1-16(2,3)14-7-5-4-6-13(14)15(21)18-8-9-20-11-12(17)10-19-20/h4-7,10-11H,8-9,17H2,1-3H3,(H,18,21). The minimum absolute atomic E-state index is 0.0550. The summed E-state index contributed by atoms with van der Waals surface area (Å²) >= 11 is 0. The second-order valence-corrected chi connectivity index (χ2v) is 6.09. The van der Waals surface area contributed by atoms with Gasteiger partial charge in [-0.05, 0) is 17.0 Å². The van der Waals surface area contributed by atoms with Gasteiger partial charge in [0.1, 0.15) is 0 Å². The molecule has 3 N–H and O–H groups in total. The number of aromatic nitrogens is 2. The molecular formula is C16H22N4O. The highest BCUT2D eigenvalue weighted by Crippen LogP contribution is 2.25. The minimum atomic E-state index is -0.0651. The number of nitrogens with one attached hydrogen (secondary N) is 1. The fourth-order valence-electron chi connectivity index (χ4n) is 2.22. The molecule has 21 heavy (non-hydrogen) atoms. The molecule has 1 amide bonds. The minimum Gasteiger partial charge on any atom is -0.396 e. The monoisotopic (exact) mass is 286 g/mol. The number of hydrogen-bond donors (Lipinski definition) is 2. The summed E-state index contributed by atoms with van der Waals surface area (Å²) in [4.78, 5) is 12.3. The first-order chi connectivity index (χ1) is 9.88. The molecule has 5 heteroatoms. The Morgan fingerprint density at radius 1 is 1.33 bits per heavy atom. The summed E-state index contributed by atoms with van der Waals surface area (Å²) < 4.78 is 1.71. The van der Waals surface area contributed by atoms with Gasteiger partial charge in [0.15, 0.2) is 0 Å². The highest BCUT2D eigenvalue weighted by molar-refractivity contribution is 5.96. The molecule has 0 aliphatic rings. The van der Waals surface area contributed by atoms with Gasteiger partial charge in [-0.1, -0.05) is 39.0 Å². The molecule has 0 fully saturated rings. The molecule has 0 bridgehead atoms. The number of benzene rings is 1. The van der Waals surface area contributed by atoms with Crippen molar-refractivity contribution in [1.82, 2.24) is 15.1 Å². The van der Waals surface area contributed by atoms with E-state index in [0.717, 1.165) is 11.1 Å². The molecule has 112 valence electrons. The smallest absolute Gasteiger partial charge is 0.251 e. The Balaban J connectivity index is 2.01. The van der Waals surface area contributed by atoms with Gasteiger partial charge in [0, 0.05) is 18.3 Å². The highest BCUT2D eigenvalue weighted by Gasteiger charge is 2.20. The van der Waals surface area contributed by atoms with Crippen LogP contribution in [0.25, 0.3) is 0 Å². The van der Waals surface area contributed by atoms with E-state index in [0.29, 0.717) is 18.8 Å². The first-order valence-electron chi connectivity index (χ1n) is 7.03. The molecule has 0 aliphatic carbocycles. The van der Waals surface area contributed by atoms with Crippen molar-refractivity contribution in [2.45, 2.75) is 32.7 Å². The Morgan fingerprint density at radius 2 is 2.05 bits per heavy atom. The van der Waals surface area contributed by atoms with E-state index in [4.69, 9.17) is 5.73 Å². The van der Waals surface area contributed by atoms with Crippen molar-refractivity contribution in [3.63, 3.8) is 0 Å². The Hall–Kier alpha value is -2.30. The van der Waals surface area contributed by atoms with E-state index < -0.39 is 0 Å². The first-order valence-corrected chi connectivity index (χ1v) is 7.03. The average molecular weight is 286 g/mol. The lowest BCUT2D eigenvalue weighted by atomic mass is 9.83. The van der Waals surface area contributed by atoms with E-state index in [1.54, 1.807) is 17.1 Å². The van der Waals surface area contributed by atoms with Crippen molar-refractivity contribution in [1.29, 1.82) is 0 Å². The molecule has 0 saturated carbocycles.